The Kier molecular flexibility index (Phi) is 2.17. The van der Waals surface area contributed by atoms with Gasteiger partial charge in [-0.3, -0.25) is 4.79 Å². The highest BCUT2D eigenvalue weighted by Gasteiger charge is 2.41. The summed E-state index contributed by atoms with van der Waals surface area (Å²) in [6.07, 6.45) is -4.60. The van der Waals surface area contributed by atoms with Crippen molar-refractivity contribution in [2.75, 3.05) is 13.1 Å². The van der Waals surface area contributed by atoms with E-state index in [9.17, 15) is 18.0 Å². The van der Waals surface area contributed by atoms with Crippen molar-refractivity contribution >= 4 is 5.78 Å². The van der Waals surface area contributed by atoms with Crippen LogP contribution in [0.5, 0.6) is 0 Å². The summed E-state index contributed by atoms with van der Waals surface area (Å²) in [5.74, 6) is -1.85. The largest absolute Gasteiger partial charge is 0.393 e. The fraction of sp³-hybridized carbons (Fsp3) is 0.833. The van der Waals surface area contributed by atoms with Gasteiger partial charge in [-0.2, -0.15) is 13.2 Å². The van der Waals surface area contributed by atoms with E-state index in [1.54, 1.807) is 0 Å². The normalized spacial score (nSPS) is 27.2. The van der Waals surface area contributed by atoms with Crippen LogP contribution in [-0.4, -0.2) is 25.0 Å². The number of carbonyl (C=O) groups excluding carboxylic acids is 1. The number of rotatable bonds is 0. The van der Waals surface area contributed by atoms with Crippen LogP contribution in [-0.2, 0) is 4.79 Å². The van der Waals surface area contributed by atoms with Crippen molar-refractivity contribution < 1.29 is 18.0 Å². The lowest BCUT2D eigenvalue weighted by atomic mass is 9.98. The Bertz CT molecular complexity index is 166. The van der Waals surface area contributed by atoms with Crippen LogP contribution in [0.4, 0.5) is 13.2 Å². The molecule has 64 valence electrons. The number of carbonyl (C=O) groups is 1. The second-order valence-electron chi connectivity index (χ2n) is 2.61. The predicted octanol–water partition coefficient (Wildman–Crippen LogP) is 0.727. The molecule has 0 aliphatic carbocycles. The lowest BCUT2D eigenvalue weighted by Gasteiger charge is -2.23. The van der Waals surface area contributed by atoms with Gasteiger partial charge in [0, 0.05) is 13.0 Å². The molecule has 0 bridgehead atoms. The van der Waals surface area contributed by atoms with Crippen molar-refractivity contribution in [3.63, 3.8) is 0 Å². The average molecular weight is 167 g/mol. The summed E-state index contributed by atoms with van der Waals surface area (Å²) in [5, 5.41) is 2.42. The molecule has 1 heterocycles. The van der Waals surface area contributed by atoms with Crippen LogP contribution in [0.15, 0.2) is 0 Å². The third kappa shape index (κ3) is 2.18. The SMILES string of the molecule is O=C1CNC[C@H](C(F)(F)F)C1. The highest BCUT2D eigenvalue weighted by atomic mass is 19.4. The van der Waals surface area contributed by atoms with Gasteiger partial charge in [0.2, 0.25) is 0 Å². The minimum atomic E-state index is -4.23. The first-order valence-electron chi connectivity index (χ1n) is 3.29. The summed E-state index contributed by atoms with van der Waals surface area (Å²) >= 11 is 0. The minimum absolute atomic E-state index is 0.0760. The smallest absolute Gasteiger partial charge is 0.309 e. The number of hydrogen-bond donors (Lipinski definition) is 1. The number of nitrogens with one attached hydrogen (secondary N) is 1. The lowest BCUT2D eigenvalue weighted by Crippen LogP contribution is -2.42. The van der Waals surface area contributed by atoms with E-state index in [4.69, 9.17) is 0 Å². The maximum atomic E-state index is 11.9. The molecule has 0 saturated carbocycles. The first kappa shape index (κ1) is 8.52. The Labute approximate surface area is 61.8 Å². The second kappa shape index (κ2) is 2.81. The number of Topliss-reactive ketones (excluding diaryl/α,β-unsaturated/α-hetero) is 1. The van der Waals surface area contributed by atoms with Gasteiger partial charge in [-0.05, 0) is 0 Å². The van der Waals surface area contributed by atoms with Crippen LogP contribution < -0.4 is 5.32 Å². The molecule has 1 fully saturated rings. The molecule has 1 saturated heterocycles. The van der Waals surface area contributed by atoms with E-state index in [0.29, 0.717) is 0 Å². The van der Waals surface area contributed by atoms with Gasteiger partial charge in [-0.15, -0.1) is 0 Å². The summed E-state index contributed by atoms with van der Waals surface area (Å²) in [6.45, 7) is -0.0537. The van der Waals surface area contributed by atoms with E-state index in [-0.39, 0.29) is 25.3 Å². The molecule has 2 nitrogen and oxygen atoms in total. The van der Waals surface area contributed by atoms with Crippen LogP contribution in [0, 0.1) is 5.92 Å². The van der Waals surface area contributed by atoms with Crippen molar-refractivity contribution in [3.8, 4) is 0 Å². The number of piperidine rings is 1. The molecule has 0 amide bonds. The fourth-order valence-electron chi connectivity index (χ4n) is 1.04. The zero-order valence-electron chi connectivity index (χ0n) is 5.74. The van der Waals surface area contributed by atoms with E-state index in [1.165, 1.54) is 0 Å². The standard InChI is InChI=1S/C6H8F3NO/c7-6(8,9)4-1-5(11)3-10-2-4/h4,10H,1-3H2/t4-/m1/s1. The van der Waals surface area contributed by atoms with Crippen LogP contribution in [0.1, 0.15) is 6.42 Å². The summed E-state index contributed by atoms with van der Waals surface area (Å²) in [7, 11) is 0. The quantitative estimate of drug-likeness (QED) is 0.576. The van der Waals surface area contributed by atoms with Crippen LogP contribution >= 0.6 is 0 Å². The zero-order valence-corrected chi connectivity index (χ0v) is 5.74. The van der Waals surface area contributed by atoms with Crippen LogP contribution in [0.3, 0.4) is 0 Å². The van der Waals surface area contributed by atoms with E-state index < -0.39 is 12.1 Å². The minimum Gasteiger partial charge on any atom is -0.309 e. The first-order valence-corrected chi connectivity index (χ1v) is 3.29. The van der Waals surface area contributed by atoms with Crippen molar-refractivity contribution in [2.24, 2.45) is 5.92 Å². The van der Waals surface area contributed by atoms with Gasteiger partial charge in [-0.25, -0.2) is 0 Å². The highest BCUT2D eigenvalue weighted by Crippen LogP contribution is 2.29. The molecule has 0 unspecified atom stereocenters. The number of alkyl halides is 3. The van der Waals surface area contributed by atoms with Gasteiger partial charge in [0.25, 0.3) is 0 Å². The van der Waals surface area contributed by atoms with Crippen molar-refractivity contribution in [3.05, 3.63) is 0 Å². The topological polar surface area (TPSA) is 29.1 Å². The molecule has 11 heavy (non-hydrogen) atoms. The molecule has 1 rings (SSSR count). The molecule has 0 aromatic rings. The Morgan fingerprint density at radius 3 is 2.45 bits per heavy atom. The Morgan fingerprint density at radius 1 is 1.45 bits per heavy atom. The van der Waals surface area contributed by atoms with E-state index in [1.807, 2.05) is 0 Å². The maximum Gasteiger partial charge on any atom is 0.393 e. The fourth-order valence-corrected chi connectivity index (χ4v) is 1.04. The second-order valence-corrected chi connectivity index (χ2v) is 2.61. The molecule has 0 aromatic heterocycles. The molecule has 0 aromatic carbocycles. The van der Waals surface area contributed by atoms with Gasteiger partial charge in [0.15, 0.2) is 0 Å². The molecule has 0 radical (unpaired) electrons. The highest BCUT2D eigenvalue weighted by molar-refractivity contribution is 5.81. The molecule has 1 N–H and O–H groups in total. The molecule has 1 atom stereocenters. The van der Waals surface area contributed by atoms with Gasteiger partial charge >= 0.3 is 6.18 Å². The summed E-state index contributed by atoms with van der Waals surface area (Å²) in [6, 6.07) is 0. The summed E-state index contributed by atoms with van der Waals surface area (Å²) in [5.41, 5.74) is 0. The monoisotopic (exact) mass is 167 g/mol. The average Bonchev–Trinajstić information content (AvgIpc) is 1.86. The van der Waals surface area contributed by atoms with Gasteiger partial charge in [-0.1, -0.05) is 0 Å². The third-order valence-electron chi connectivity index (χ3n) is 1.65. The maximum absolute atomic E-state index is 11.9. The van der Waals surface area contributed by atoms with E-state index >= 15 is 0 Å². The van der Waals surface area contributed by atoms with Crippen molar-refractivity contribution in [2.45, 2.75) is 12.6 Å². The third-order valence-corrected chi connectivity index (χ3v) is 1.65. The van der Waals surface area contributed by atoms with Gasteiger partial charge in [0.1, 0.15) is 5.78 Å². The van der Waals surface area contributed by atoms with Crippen molar-refractivity contribution in [1.29, 1.82) is 0 Å². The van der Waals surface area contributed by atoms with E-state index in [2.05, 4.69) is 5.32 Å². The van der Waals surface area contributed by atoms with Crippen LogP contribution in [0.2, 0.25) is 0 Å². The molecule has 5 heteroatoms. The Hall–Kier alpha value is -0.580. The van der Waals surface area contributed by atoms with Gasteiger partial charge < -0.3 is 5.32 Å². The molecular weight excluding hydrogens is 159 g/mol. The molecule has 0 spiro atoms. The Morgan fingerprint density at radius 2 is 2.09 bits per heavy atom. The number of hydrogen-bond acceptors (Lipinski definition) is 2. The Balaban J connectivity index is 2.53. The van der Waals surface area contributed by atoms with Crippen LogP contribution in [0.25, 0.3) is 0 Å². The van der Waals surface area contributed by atoms with Crippen molar-refractivity contribution in [1.82, 2.24) is 5.32 Å². The predicted molar refractivity (Wildman–Crippen MR) is 32.0 cm³/mol. The number of halogens is 3. The number of ketones is 1. The lowest BCUT2D eigenvalue weighted by molar-refractivity contribution is -0.180. The zero-order chi connectivity index (χ0) is 8.48. The summed E-state index contributed by atoms with van der Waals surface area (Å²) in [4.78, 5) is 10.6. The van der Waals surface area contributed by atoms with Gasteiger partial charge in [0.05, 0.1) is 12.5 Å². The molecule has 1 aliphatic rings. The molecule has 1 aliphatic heterocycles. The summed E-state index contributed by atoms with van der Waals surface area (Å²) < 4.78 is 35.8. The van der Waals surface area contributed by atoms with E-state index in [0.717, 1.165) is 0 Å². The molecular formula is C6H8F3NO. The first-order chi connectivity index (χ1) is 5.00.